The van der Waals surface area contributed by atoms with E-state index in [2.05, 4.69) is 14.8 Å². The molecule has 0 atom stereocenters. The maximum Gasteiger partial charge on any atom is 0.272 e. The third kappa shape index (κ3) is 3.40. The molecule has 0 aromatic heterocycles. The minimum absolute atomic E-state index is 0.0550. The van der Waals surface area contributed by atoms with Crippen molar-refractivity contribution in [1.29, 1.82) is 0 Å². The standard InChI is InChI=1S/C8H6F3N3O/c9-6-3-5(13-14-12)1-2-7(6)15-4-8(10)11/h1-3,8H,4H2. The highest BCUT2D eigenvalue weighted by Crippen LogP contribution is 2.23. The zero-order chi connectivity index (χ0) is 11.3. The largest absolute Gasteiger partial charge is 0.485 e. The van der Waals surface area contributed by atoms with E-state index in [-0.39, 0.29) is 11.4 Å². The van der Waals surface area contributed by atoms with Crippen LogP contribution >= 0.6 is 0 Å². The van der Waals surface area contributed by atoms with Crippen molar-refractivity contribution in [3.05, 3.63) is 34.5 Å². The Morgan fingerprint density at radius 2 is 2.20 bits per heavy atom. The van der Waals surface area contributed by atoms with Crippen LogP contribution in [0.2, 0.25) is 0 Å². The first-order valence-electron chi connectivity index (χ1n) is 3.89. The molecule has 1 aromatic rings. The number of hydrogen-bond acceptors (Lipinski definition) is 2. The fourth-order valence-electron chi connectivity index (χ4n) is 0.873. The van der Waals surface area contributed by atoms with E-state index in [0.717, 1.165) is 12.1 Å². The fourth-order valence-corrected chi connectivity index (χ4v) is 0.873. The molecular formula is C8H6F3N3O. The third-order valence-electron chi connectivity index (χ3n) is 1.44. The molecule has 0 aliphatic carbocycles. The molecule has 0 bridgehead atoms. The minimum atomic E-state index is -2.67. The first-order valence-corrected chi connectivity index (χ1v) is 3.89. The van der Waals surface area contributed by atoms with Crippen LogP contribution in [-0.4, -0.2) is 13.0 Å². The topological polar surface area (TPSA) is 58.0 Å². The molecule has 7 heteroatoms. The van der Waals surface area contributed by atoms with Gasteiger partial charge < -0.3 is 4.74 Å². The highest BCUT2D eigenvalue weighted by Gasteiger charge is 2.07. The van der Waals surface area contributed by atoms with E-state index in [1.165, 1.54) is 6.07 Å². The summed E-state index contributed by atoms with van der Waals surface area (Å²) in [6.45, 7) is -0.877. The van der Waals surface area contributed by atoms with Crippen molar-refractivity contribution in [2.45, 2.75) is 6.43 Å². The van der Waals surface area contributed by atoms with Gasteiger partial charge in [0.05, 0.1) is 0 Å². The van der Waals surface area contributed by atoms with E-state index in [4.69, 9.17) is 5.53 Å². The average Bonchev–Trinajstić information content (AvgIpc) is 2.17. The SMILES string of the molecule is [N-]=[N+]=Nc1ccc(OCC(F)F)c(F)c1. The van der Waals surface area contributed by atoms with Crippen LogP contribution in [0.15, 0.2) is 23.3 Å². The summed E-state index contributed by atoms with van der Waals surface area (Å²) in [5.41, 5.74) is 8.12. The minimum Gasteiger partial charge on any atom is -0.485 e. The lowest BCUT2D eigenvalue weighted by Crippen LogP contribution is -2.07. The number of ether oxygens (including phenoxy) is 1. The first-order chi connectivity index (χ1) is 7.13. The number of benzene rings is 1. The first kappa shape index (κ1) is 11.2. The molecule has 4 nitrogen and oxygen atoms in total. The van der Waals surface area contributed by atoms with Crippen molar-refractivity contribution in [1.82, 2.24) is 0 Å². The zero-order valence-corrected chi connectivity index (χ0v) is 7.40. The fraction of sp³-hybridized carbons (Fsp3) is 0.250. The Kier molecular flexibility index (Phi) is 3.82. The summed E-state index contributed by atoms with van der Waals surface area (Å²) in [7, 11) is 0. The van der Waals surface area contributed by atoms with Gasteiger partial charge in [0.1, 0.15) is 6.61 Å². The van der Waals surface area contributed by atoms with Crippen molar-refractivity contribution in [3.8, 4) is 5.75 Å². The Labute approximate surface area is 82.9 Å². The highest BCUT2D eigenvalue weighted by molar-refractivity contribution is 5.42. The van der Waals surface area contributed by atoms with Gasteiger partial charge in [0.25, 0.3) is 6.43 Å². The number of nitrogens with zero attached hydrogens (tertiary/aromatic N) is 3. The molecule has 0 saturated carbocycles. The number of rotatable bonds is 4. The summed E-state index contributed by atoms with van der Waals surface area (Å²) < 4.78 is 41.0. The maximum absolute atomic E-state index is 13.1. The second kappa shape index (κ2) is 5.11. The van der Waals surface area contributed by atoms with Gasteiger partial charge in [-0.3, -0.25) is 0 Å². The second-order valence-corrected chi connectivity index (χ2v) is 2.51. The molecule has 1 aromatic carbocycles. The summed E-state index contributed by atoms with van der Waals surface area (Å²) in [6, 6.07) is 3.30. The van der Waals surface area contributed by atoms with Gasteiger partial charge in [0, 0.05) is 10.6 Å². The third-order valence-corrected chi connectivity index (χ3v) is 1.44. The quantitative estimate of drug-likeness (QED) is 0.433. The normalized spacial score (nSPS) is 9.87. The van der Waals surface area contributed by atoms with Gasteiger partial charge in [-0.15, -0.1) is 0 Å². The van der Waals surface area contributed by atoms with Crippen molar-refractivity contribution < 1.29 is 17.9 Å². The van der Waals surface area contributed by atoms with Gasteiger partial charge in [-0.2, -0.15) is 0 Å². The molecule has 0 N–H and O–H groups in total. The van der Waals surface area contributed by atoms with E-state index in [1.807, 2.05) is 0 Å². The smallest absolute Gasteiger partial charge is 0.272 e. The van der Waals surface area contributed by atoms with Crippen molar-refractivity contribution in [3.63, 3.8) is 0 Å². The van der Waals surface area contributed by atoms with E-state index in [1.54, 1.807) is 0 Å². The van der Waals surface area contributed by atoms with E-state index >= 15 is 0 Å². The van der Waals surface area contributed by atoms with Gasteiger partial charge in [-0.05, 0) is 23.7 Å². The molecule has 0 saturated heterocycles. The summed E-state index contributed by atoms with van der Waals surface area (Å²) in [5.74, 6) is -1.15. The van der Waals surface area contributed by atoms with Crippen molar-refractivity contribution in [2.75, 3.05) is 6.61 Å². The van der Waals surface area contributed by atoms with Crippen LogP contribution in [0, 0.1) is 5.82 Å². The molecule has 15 heavy (non-hydrogen) atoms. The van der Waals surface area contributed by atoms with Crippen LogP contribution in [0.3, 0.4) is 0 Å². The van der Waals surface area contributed by atoms with Crippen LogP contribution < -0.4 is 4.74 Å². The lowest BCUT2D eigenvalue weighted by Gasteiger charge is -2.06. The molecule has 0 aliphatic rings. The van der Waals surface area contributed by atoms with Gasteiger partial charge in [0.15, 0.2) is 11.6 Å². The monoisotopic (exact) mass is 217 g/mol. The summed E-state index contributed by atoms with van der Waals surface area (Å²) in [4.78, 5) is 2.45. The maximum atomic E-state index is 13.1. The molecule has 0 radical (unpaired) electrons. The summed E-state index contributed by atoms with van der Waals surface area (Å²) in [6.07, 6.45) is -2.67. The predicted molar refractivity (Wildman–Crippen MR) is 46.7 cm³/mol. The molecule has 0 unspecified atom stereocenters. The Morgan fingerprint density at radius 3 is 2.73 bits per heavy atom. The molecule has 80 valence electrons. The van der Waals surface area contributed by atoms with Crippen molar-refractivity contribution >= 4 is 5.69 Å². The van der Waals surface area contributed by atoms with Crippen molar-refractivity contribution in [2.24, 2.45) is 5.11 Å². The zero-order valence-electron chi connectivity index (χ0n) is 7.40. The second-order valence-electron chi connectivity index (χ2n) is 2.51. The molecule has 0 spiro atoms. The van der Waals surface area contributed by atoms with Gasteiger partial charge in [0.2, 0.25) is 0 Å². The molecular weight excluding hydrogens is 211 g/mol. The molecule has 0 heterocycles. The Morgan fingerprint density at radius 1 is 1.47 bits per heavy atom. The summed E-state index contributed by atoms with van der Waals surface area (Å²) in [5, 5.41) is 3.14. The van der Waals surface area contributed by atoms with E-state index < -0.39 is 18.8 Å². The Hall–Kier alpha value is -1.88. The van der Waals surface area contributed by atoms with E-state index in [9.17, 15) is 13.2 Å². The van der Waals surface area contributed by atoms with Crippen LogP contribution in [0.5, 0.6) is 5.75 Å². The Bertz CT molecular complexity index is 391. The van der Waals surface area contributed by atoms with Gasteiger partial charge in [-0.25, -0.2) is 13.2 Å². The van der Waals surface area contributed by atoms with Gasteiger partial charge in [-0.1, -0.05) is 5.11 Å². The number of azide groups is 1. The van der Waals surface area contributed by atoms with Crippen LogP contribution in [0.4, 0.5) is 18.9 Å². The van der Waals surface area contributed by atoms with Crippen LogP contribution in [0.25, 0.3) is 10.4 Å². The lowest BCUT2D eigenvalue weighted by molar-refractivity contribution is 0.0799. The molecule has 0 fully saturated rings. The number of halogens is 3. The highest BCUT2D eigenvalue weighted by atomic mass is 19.3. The number of hydrogen-bond donors (Lipinski definition) is 0. The number of alkyl halides is 2. The molecule has 1 rings (SSSR count). The Balaban J connectivity index is 2.78. The van der Waals surface area contributed by atoms with Gasteiger partial charge >= 0.3 is 0 Å². The summed E-state index contributed by atoms with van der Waals surface area (Å²) >= 11 is 0. The van der Waals surface area contributed by atoms with Crippen LogP contribution in [-0.2, 0) is 0 Å². The van der Waals surface area contributed by atoms with E-state index in [0.29, 0.717) is 0 Å². The van der Waals surface area contributed by atoms with Crippen LogP contribution in [0.1, 0.15) is 0 Å². The predicted octanol–water partition coefficient (Wildman–Crippen LogP) is 3.41. The average molecular weight is 217 g/mol. The molecule has 0 amide bonds. The lowest BCUT2D eigenvalue weighted by atomic mass is 10.3. The molecule has 0 aliphatic heterocycles.